The van der Waals surface area contributed by atoms with Crippen LogP contribution < -0.4 is 5.32 Å². The molecular formula is C17H24N2O2S. The largest absolute Gasteiger partial charge is 0.348 e. The van der Waals surface area contributed by atoms with Gasteiger partial charge in [0, 0.05) is 16.9 Å². The quantitative estimate of drug-likeness (QED) is 0.783. The minimum absolute atomic E-state index is 0.0561. The number of likely N-dealkylation sites (N-methyl/N-ethyl adjacent to an activating group) is 1. The van der Waals surface area contributed by atoms with Gasteiger partial charge in [0.05, 0.1) is 13.1 Å². The molecule has 0 saturated heterocycles. The number of hydrogen-bond acceptors (Lipinski definition) is 4. The highest BCUT2D eigenvalue weighted by molar-refractivity contribution is 7.99. The molecule has 0 aromatic heterocycles. The SMILES string of the molecule is CS[C@@H]1CCC[C@H]1N(C)CC(=O)NCC(=O)c1ccccc1. The van der Waals surface area contributed by atoms with Crippen molar-refractivity contribution in [2.24, 2.45) is 0 Å². The minimum Gasteiger partial charge on any atom is -0.348 e. The number of rotatable bonds is 7. The van der Waals surface area contributed by atoms with Crippen LogP contribution in [0.5, 0.6) is 0 Å². The summed E-state index contributed by atoms with van der Waals surface area (Å²) in [5.41, 5.74) is 0.634. The van der Waals surface area contributed by atoms with Crippen molar-refractivity contribution in [3.05, 3.63) is 35.9 Å². The van der Waals surface area contributed by atoms with E-state index in [2.05, 4.69) is 16.5 Å². The fourth-order valence-corrected chi connectivity index (χ4v) is 4.05. The first-order valence-electron chi connectivity index (χ1n) is 7.70. The van der Waals surface area contributed by atoms with Crippen LogP contribution >= 0.6 is 11.8 Å². The Kier molecular flexibility index (Phi) is 6.46. The first kappa shape index (κ1) is 17.0. The fraction of sp³-hybridized carbons (Fsp3) is 0.529. The molecule has 2 atom stereocenters. The average Bonchev–Trinajstić information content (AvgIpc) is 3.02. The highest BCUT2D eigenvalue weighted by Crippen LogP contribution is 2.31. The van der Waals surface area contributed by atoms with Crippen LogP contribution in [0, 0.1) is 0 Å². The highest BCUT2D eigenvalue weighted by Gasteiger charge is 2.30. The number of carbonyl (C=O) groups is 2. The van der Waals surface area contributed by atoms with Crippen LogP contribution in [-0.4, -0.2) is 54.3 Å². The van der Waals surface area contributed by atoms with Crippen LogP contribution in [0.15, 0.2) is 30.3 Å². The molecule has 0 radical (unpaired) electrons. The lowest BCUT2D eigenvalue weighted by atomic mass is 10.1. The lowest BCUT2D eigenvalue weighted by molar-refractivity contribution is -0.122. The van der Waals surface area contributed by atoms with E-state index in [0.717, 1.165) is 6.42 Å². The summed E-state index contributed by atoms with van der Waals surface area (Å²) in [5, 5.41) is 3.35. The Morgan fingerprint density at radius 3 is 2.68 bits per heavy atom. The predicted octanol–water partition coefficient (Wildman–Crippen LogP) is 2.20. The van der Waals surface area contributed by atoms with E-state index >= 15 is 0 Å². The molecular weight excluding hydrogens is 296 g/mol. The van der Waals surface area contributed by atoms with Gasteiger partial charge in [0.1, 0.15) is 0 Å². The molecule has 1 amide bonds. The van der Waals surface area contributed by atoms with E-state index in [4.69, 9.17) is 0 Å². The summed E-state index contributed by atoms with van der Waals surface area (Å²) in [6, 6.07) is 9.51. The van der Waals surface area contributed by atoms with Crippen molar-refractivity contribution in [3.8, 4) is 0 Å². The second-order valence-electron chi connectivity index (χ2n) is 5.75. The molecule has 120 valence electrons. The van der Waals surface area contributed by atoms with Gasteiger partial charge >= 0.3 is 0 Å². The first-order chi connectivity index (χ1) is 10.6. The number of Topliss-reactive ketones (excluding diaryl/α,β-unsaturated/α-hetero) is 1. The maximum Gasteiger partial charge on any atom is 0.234 e. The van der Waals surface area contributed by atoms with E-state index in [1.807, 2.05) is 37.0 Å². The van der Waals surface area contributed by atoms with Gasteiger partial charge in [0.15, 0.2) is 5.78 Å². The Hall–Kier alpha value is -1.33. The van der Waals surface area contributed by atoms with Crippen LogP contribution in [0.1, 0.15) is 29.6 Å². The third-order valence-corrected chi connectivity index (χ3v) is 5.38. The number of nitrogens with one attached hydrogen (secondary N) is 1. The third-order valence-electron chi connectivity index (χ3n) is 4.22. The fourth-order valence-electron chi connectivity index (χ4n) is 2.99. The third kappa shape index (κ3) is 4.58. The van der Waals surface area contributed by atoms with E-state index < -0.39 is 0 Å². The van der Waals surface area contributed by atoms with Gasteiger partial charge in [-0.1, -0.05) is 36.8 Å². The number of ketones is 1. The zero-order chi connectivity index (χ0) is 15.9. The average molecular weight is 320 g/mol. The van der Waals surface area contributed by atoms with E-state index in [1.165, 1.54) is 12.8 Å². The molecule has 0 spiro atoms. The Labute approximate surface area is 136 Å². The topological polar surface area (TPSA) is 49.4 Å². The van der Waals surface area contributed by atoms with Gasteiger partial charge in [-0.2, -0.15) is 11.8 Å². The highest BCUT2D eigenvalue weighted by atomic mass is 32.2. The van der Waals surface area contributed by atoms with Crippen molar-refractivity contribution in [1.29, 1.82) is 0 Å². The smallest absolute Gasteiger partial charge is 0.234 e. The number of thioether (sulfide) groups is 1. The maximum absolute atomic E-state index is 12.0. The van der Waals surface area contributed by atoms with Crippen molar-refractivity contribution >= 4 is 23.5 Å². The number of benzene rings is 1. The standard InChI is InChI=1S/C17H24N2O2S/c1-19(14-9-6-10-16(14)22-2)12-17(21)18-11-15(20)13-7-4-3-5-8-13/h3-5,7-8,14,16H,6,9-12H2,1-2H3,(H,18,21)/t14-,16-/m1/s1. The number of hydrogen-bond donors (Lipinski definition) is 1. The molecule has 1 aromatic carbocycles. The van der Waals surface area contributed by atoms with Gasteiger partial charge in [-0.3, -0.25) is 14.5 Å². The molecule has 5 heteroatoms. The summed E-state index contributed by atoms with van der Waals surface area (Å²) in [4.78, 5) is 26.1. The van der Waals surface area contributed by atoms with Gasteiger partial charge in [0.2, 0.25) is 5.91 Å². The summed E-state index contributed by atoms with van der Waals surface area (Å²) in [6.45, 7) is 0.414. The van der Waals surface area contributed by atoms with Crippen molar-refractivity contribution in [2.45, 2.75) is 30.6 Å². The summed E-state index contributed by atoms with van der Waals surface area (Å²) in [6.07, 6.45) is 5.74. The number of carbonyl (C=O) groups excluding carboxylic acids is 2. The Morgan fingerprint density at radius 2 is 2.00 bits per heavy atom. The second-order valence-corrected chi connectivity index (χ2v) is 6.83. The van der Waals surface area contributed by atoms with E-state index in [0.29, 0.717) is 23.4 Å². The second kappa shape index (κ2) is 8.34. The monoisotopic (exact) mass is 320 g/mol. The molecule has 0 unspecified atom stereocenters. The lowest BCUT2D eigenvalue weighted by Crippen LogP contribution is -2.44. The van der Waals surface area contributed by atoms with Gasteiger partial charge in [0.25, 0.3) is 0 Å². The molecule has 22 heavy (non-hydrogen) atoms. The van der Waals surface area contributed by atoms with Crippen LogP contribution in [0.2, 0.25) is 0 Å². The zero-order valence-corrected chi connectivity index (χ0v) is 14.1. The molecule has 1 N–H and O–H groups in total. The molecule has 1 fully saturated rings. The summed E-state index contributed by atoms with van der Waals surface area (Å²) < 4.78 is 0. The minimum atomic E-state index is -0.0847. The van der Waals surface area contributed by atoms with Crippen LogP contribution in [0.25, 0.3) is 0 Å². The van der Waals surface area contributed by atoms with Crippen LogP contribution in [0.4, 0.5) is 0 Å². The van der Waals surface area contributed by atoms with Gasteiger partial charge in [-0.15, -0.1) is 0 Å². The first-order valence-corrected chi connectivity index (χ1v) is 8.98. The van der Waals surface area contributed by atoms with Crippen molar-refractivity contribution < 1.29 is 9.59 Å². The molecule has 0 bridgehead atoms. The van der Waals surface area contributed by atoms with Crippen molar-refractivity contribution in [2.75, 3.05) is 26.4 Å². The van der Waals surface area contributed by atoms with Crippen LogP contribution in [0.3, 0.4) is 0 Å². The summed E-state index contributed by atoms with van der Waals surface area (Å²) in [5.74, 6) is -0.141. The molecule has 1 aliphatic rings. The molecule has 0 heterocycles. The number of nitrogens with zero attached hydrogens (tertiary/aromatic N) is 1. The molecule has 2 rings (SSSR count). The van der Waals surface area contributed by atoms with Crippen molar-refractivity contribution in [1.82, 2.24) is 10.2 Å². The van der Waals surface area contributed by atoms with Crippen molar-refractivity contribution in [3.63, 3.8) is 0 Å². The molecule has 1 aliphatic carbocycles. The maximum atomic E-state index is 12.0. The van der Waals surface area contributed by atoms with E-state index in [1.54, 1.807) is 12.1 Å². The summed E-state index contributed by atoms with van der Waals surface area (Å²) >= 11 is 1.88. The Bertz CT molecular complexity index is 507. The van der Waals surface area contributed by atoms with E-state index in [-0.39, 0.29) is 18.2 Å². The summed E-state index contributed by atoms with van der Waals surface area (Å²) in [7, 11) is 2.00. The number of amides is 1. The lowest BCUT2D eigenvalue weighted by Gasteiger charge is -2.28. The predicted molar refractivity (Wildman–Crippen MR) is 91.4 cm³/mol. The molecule has 1 aromatic rings. The van der Waals surface area contributed by atoms with Crippen LogP contribution in [-0.2, 0) is 4.79 Å². The Morgan fingerprint density at radius 1 is 1.27 bits per heavy atom. The Balaban J connectivity index is 1.77. The van der Waals surface area contributed by atoms with Gasteiger partial charge in [-0.05, 0) is 26.1 Å². The molecule has 0 aliphatic heterocycles. The molecule has 1 saturated carbocycles. The van der Waals surface area contributed by atoms with E-state index in [9.17, 15) is 9.59 Å². The normalized spacial score (nSPS) is 21.0. The van der Waals surface area contributed by atoms with Gasteiger partial charge in [-0.25, -0.2) is 0 Å². The van der Waals surface area contributed by atoms with Gasteiger partial charge < -0.3 is 5.32 Å². The molecule has 4 nitrogen and oxygen atoms in total. The zero-order valence-electron chi connectivity index (χ0n) is 13.2.